The number of esters is 1. The minimum absolute atomic E-state index is 0.0838. The van der Waals surface area contributed by atoms with Crippen molar-refractivity contribution in [3.8, 4) is 0 Å². The molecule has 120 valence electrons. The first kappa shape index (κ1) is 16.4. The van der Waals surface area contributed by atoms with Crippen molar-refractivity contribution in [3.63, 3.8) is 0 Å². The molecule has 1 amide bonds. The fourth-order valence-corrected chi connectivity index (χ4v) is 3.88. The predicted molar refractivity (Wildman–Crippen MR) is 76.0 cm³/mol. The lowest BCUT2D eigenvalue weighted by Crippen LogP contribution is -2.69. The summed E-state index contributed by atoms with van der Waals surface area (Å²) in [5.74, 6) is -2.14. The summed E-state index contributed by atoms with van der Waals surface area (Å²) >= 11 is 0. The monoisotopic (exact) mass is 317 g/mol. The molecular formula is C13H23NO6Si. The number of fused-ring (bicyclic) bond motifs is 2. The van der Waals surface area contributed by atoms with Gasteiger partial charge in [0, 0.05) is 20.5 Å². The van der Waals surface area contributed by atoms with Crippen molar-refractivity contribution in [2.75, 3.05) is 13.7 Å². The second-order valence-electron chi connectivity index (χ2n) is 6.41. The molecule has 0 saturated carbocycles. The van der Waals surface area contributed by atoms with Gasteiger partial charge in [-0.1, -0.05) is 0 Å². The van der Waals surface area contributed by atoms with Crippen LogP contribution in [0, 0.1) is 0 Å². The number of methoxy groups -OCH3 is 1. The Labute approximate surface area is 125 Å². The maximum absolute atomic E-state index is 12.0. The van der Waals surface area contributed by atoms with Crippen molar-refractivity contribution in [2.24, 2.45) is 0 Å². The van der Waals surface area contributed by atoms with Crippen LogP contribution in [0.4, 0.5) is 0 Å². The molecular weight excluding hydrogens is 294 g/mol. The van der Waals surface area contributed by atoms with Gasteiger partial charge in [-0.05, 0) is 19.6 Å². The van der Waals surface area contributed by atoms with E-state index in [4.69, 9.17) is 18.6 Å². The van der Waals surface area contributed by atoms with Crippen molar-refractivity contribution in [1.82, 2.24) is 5.32 Å². The third kappa shape index (κ3) is 3.45. The Morgan fingerprint density at radius 2 is 2.10 bits per heavy atom. The molecule has 2 fully saturated rings. The standard InChI is InChI=1S/C13H23NO6Si/c1-8(15)14-11-9(20-21(3,4)5)6-13(17-2)12(16)18-7-10(11)19-13/h9-11H,6-7H2,1-5H3,(H,14,15). The molecule has 21 heavy (non-hydrogen) atoms. The molecule has 2 rings (SSSR count). The zero-order chi connectivity index (χ0) is 15.8. The van der Waals surface area contributed by atoms with Crippen LogP contribution in [-0.4, -0.2) is 57.9 Å². The molecule has 8 heteroatoms. The molecule has 4 unspecified atom stereocenters. The summed E-state index contributed by atoms with van der Waals surface area (Å²) in [6.45, 7) is 7.70. The molecule has 1 N–H and O–H groups in total. The highest BCUT2D eigenvalue weighted by atomic mass is 28.4. The number of carbonyl (C=O) groups is 2. The van der Waals surface area contributed by atoms with E-state index in [2.05, 4.69) is 25.0 Å². The van der Waals surface area contributed by atoms with Crippen molar-refractivity contribution < 1.29 is 28.2 Å². The SMILES string of the molecule is COC12CC(O[Si](C)(C)C)C(NC(C)=O)C(COC1=O)O2. The Morgan fingerprint density at radius 1 is 1.43 bits per heavy atom. The van der Waals surface area contributed by atoms with Crippen LogP contribution in [-0.2, 0) is 28.2 Å². The summed E-state index contributed by atoms with van der Waals surface area (Å²) in [5.41, 5.74) is 0. The van der Waals surface area contributed by atoms with Crippen molar-refractivity contribution >= 4 is 20.2 Å². The molecule has 7 nitrogen and oxygen atoms in total. The Hall–Kier alpha value is -0.963. The smallest absolute Gasteiger partial charge is 0.367 e. The van der Waals surface area contributed by atoms with E-state index in [1.807, 2.05) is 0 Å². The Morgan fingerprint density at radius 3 is 2.62 bits per heavy atom. The lowest BCUT2D eigenvalue weighted by Gasteiger charge is -2.50. The minimum atomic E-state index is -1.87. The van der Waals surface area contributed by atoms with Gasteiger partial charge >= 0.3 is 5.97 Å². The molecule has 0 spiro atoms. The largest absolute Gasteiger partial charge is 0.459 e. The number of hydrogen-bond donors (Lipinski definition) is 1. The number of hydrogen-bond acceptors (Lipinski definition) is 6. The van der Waals surface area contributed by atoms with E-state index in [-0.39, 0.29) is 31.1 Å². The molecule has 4 atom stereocenters. The number of amides is 1. The van der Waals surface area contributed by atoms with Gasteiger partial charge < -0.3 is 24.0 Å². The van der Waals surface area contributed by atoms with Gasteiger partial charge in [-0.2, -0.15) is 0 Å². The van der Waals surface area contributed by atoms with Gasteiger partial charge in [0.05, 0.1) is 12.1 Å². The quantitative estimate of drug-likeness (QED) is 0.597. The summed E-state index contributed by atoms with van der Waals surface area (Å²) in [4.78, 5) is 23.4. The van der Waals surface area contributed by atoms with Crippen LogP contribution in [0.25, 0.3) is 0 Å². The van der Waals surface area contributed by atoms with Crippen LogP contribution in [0.15, 0.2) is 0 Å². The van der Waals surface area contributed by atoms with Gasteiger partial charge in [-0.25, -0.2) is 4.79 Å². The molecule has 2 aliphatic heterocycles. The zero-order valence-electron chi connectivity index (χ0n) is 13.1. The van der Waals surface area contributed by atoms with Crippen LogP contribution in [0.1, 0.15) is 13.3 Å². The topological polar surface area (TPSA) is 83.1 Å². The molecule has 0 radical (unpaired) electrons. The number of cyclic esters (lactones) is 1. The van der Waals surface area contributed by atoms with Gasteiger partial charge in [-0.3, -0.25) is 4.79 Å². The van der Waals surface area contributed by atoms with Gasteiger partial charge in [0.1, 0.15) is 12.7 Å². The Kier molecular flexibility index (Phi) is 4.43. The van der Waals surface area contributed by atoms with Crippen LogP contribution in [0.3, 0.4) is 0 Å². The maximum atomic E-state index is 12.0. The highest BCUT2D eigenvalue weighted by Gasteiger charge is 2.57. The van der Waals surface area contributed by atoms with E-state index in [1.54, 1.807) is 0 Å². The molecule has 0 aliphatic carbocycles. The summed E-state index contributed by atoms with van der Waals surface area (Å²) in [6.07, 6.45) is -0.609. The molecule has 2 aliphatic rings. The fraction of sp³-hybridized carbons (Fsp3) is 0.846. The number of carbonyl (C=O) groups excluding carboxylic acids is 2. The summed E-state index contributed by atoms with van der Waals surface area (Å²) in [7, 11) is -0.457. The zero-order valence-corrected chi connectivity index (χ0v) is 14.1. The Bertz CT molecular complexity index is 437. The molecule has 2 saturated heterocycles. The third-order valence-corrected chi connectivity index (χ3v) is 4.52. The van der Waals surface area contributed by atoms with Crippen LogP contribution >= 0.6 is 0 Å². The lowest BCUT2D eigenvalue weighted by molar-refractivity contribution is -0.314. The molecule has 0 aromatic rings. The maximum Gasteiger partial charge on any atom is 0.367 e. The number of nitrogens with one attached hydrogen (secondary N) is 1. The van der Waals surface area contributed by atoms with Gasteiger partial charge in [0.2, 0.25) is 5.91 Å². The van der Waals surface area contributed by atoms with Crippen molar-refractivity contribution in [3.05, 3.63) is 0 Å². The highest BCUT2D eigenvalue weighted by Crippen LogP contribution is 2.37. The molecule has 2 bridgehead atoms. The average molecular weight is 317 g/mol. The fourth-order valence-electron chi connectivity index (χ4n) is 2.74. The van der Waals surface area contributed by atoms with Gasteiger partial charge in [0.25, 0.3) is 5.79 Å². The molecule has 2 heterocycles. The minimum Gasteiger partial charge on any atom is -0.459 e. The number of ether oxygens (including phenoxy) is 3. The van der Waals surface area contributed by atoms with E-state index in [0.717, 1.165) is 0 Å². The van der Waals surface area contributed by atoms with E-state index in [0.29, 0.717) is 0 Å². The van der Waals surface area contributed by atoms with Gasteiger partial charge in [-0.15, -0.1) is 0 Å². The first-order chi connectivity index (χ1) is 9.67. The van der Waals surface area contributed by atoms with Crippen LogP contribution in [0.5, 0.6) is 0 Å². The van der Waals surface area contributed by atoms with Crippen molar-refractivity contribution in [2.45, 2.75) is 57.0 Å². The number of rotatable bonds is 4. The first-order valence-corrected chi connectivity index (χ1v) is 10.4. The highest BCUT2D eigenvalue weighted by molar-refractivity contribution is 6.69. The van der Waals surface area contributed by atoms with Crippen molar-refractivity contribution in [1.29, 1.82) is 0 Å². The van der Waals surface area contributed by atoms with E-state index < -0.39 is 26.2 Å². The first-order valence-electron chi connectivity index (χ1n) is 7.02. The van der Waals surface area contributed by atoms with Gasteiger partial charge in [0.15, 0.2) is 8.32 Å². The lowest BCUT2D eigenvalue weighted by atomic mass is 9.91. The second-order valence-corrected chi connectivity index (χ2v) is 10.9. The Balaban J connectivity index is 2.28. The van der Waals surface area contributed by atoms with Crippen LogP contribution < -0.4 is 5.32 Å². The summed E-state index contributed by atoms with van der Waals surface area (Å²) in [5, 5.41) is 2.85. The second kappa shape index (κ2) is 5.67. The third-order valence-electron chi connectivity index (χ3n) is 3.51. The predicted octanol–water partition coefficient (Wildman–Crippen LogP) is 0.400. The normalized spacial score (nSPS) is 36.0. The molecule has 0 aromatic carbocycles. The van der Waals surface area contributed by atoms with E-state index >= 15 is 0 Å². The van der Waals surface area contributed by atoms with E-state index in [1.165, 1.54) is 14.0 Å². The summed E-state index contributed by atoms with van der Waals surface area (Å²) in [6, 6.07) is -0.356. The van der Waals surface area contributed by atoms with E-state index in [9.17, 15) is 9.59 Å². The summed E-state index contributed by atoms with van der Waals surface area (Å²) < 4.78 is 22.3. The van der Waals surface area contributed by atoms with Crippen LogP contribution in [0.2, 0.25) is 19.6 Å². The average Bonchev–Trinajstić information content (AvgIpc) is 2.36. The molecule has 0 aromatic heterocycles.